The Balaban J connectivity index is 0.00000312. The van der Waals surface area contributed by atoms with E-state index >= 15 is 0 Å². The molecule has 0 unspecified atom stereocenters. The summed E-state index contributed by atoms with van der Waals surface area (Å²) >= 11 is 12.0. The number of carbonyl (C=O) groups is 1. The molecule has 1 saturated heterocycles. The van der Waals surface area contributed by atoms with Crippen molar-refractivity contribution >= 4 is 53.9 Å². The van der Waals surface area contributed by atoms with Crippen LogP contribution in [0.3, 0.4) is 0 Å². The van der Waals surface area contributed by atoms with Crippen LogP contribution < -0.4 is 10.6 Å². The van der Waals surface area contributed by atoms with Gasteiger partial charge in [0.15, 0.2) is 0 Å². The van der Waals surface area contributed by atoms with E-state index in [9.17, 15) is 4.79 Å². The van der Waals surface area contributed by atoms with E-state index in [0.717, 1.165) is 38.0 Å². The first kappa shape index (κ1) is 25.7. The summed E-state index contributed by atoms with van der Waals surface area (Å²) in [6, 6.07) is 6.02. The second-order valence-corrected chi connectivity index (χ2v) is 6.85. The summed E-state index contributed by atoms with van der Waals surface area (Å²) in [5.74, 6) is 0.0500. The van der Waals surface area contributed by atoms with Crippen molar-refractivity contribution < 1.29 is 9.53 Å². The number of carbonyl (C=O) groups excluding carboxylic acids is 1. The number of ether oxygens (including phenoxy) is 1. The van der Waals surface area contributed by atoms with Crippen molar-refractivity contribution in [3.63, 3.8) is 0 Å². The average Bonchev–Trinajstić information content (AvgIpc) is 2.57. The normalized spacial score (nSPS) is 15.0. The lowest BCUT2D eigenvalue weighted by atomic mass is 10.0. The number of hydrogen-bond acceptors (Lipinski definition) is 4. The summed E-state index contributed by atoms with van der Waals surface area (Å²) in [5.41, 5.74) is 1.16. The molecule has 1 fully saturated rings. The summed E-state index contributed by atoms with van der Waals surface area (Å²) in [4.78, 5) is 14.2. The van der Waals surface area contributed by atoms with Crippen LogP contribution in [0.15, 0.2) is 18.2 Å². The van der Waals surface area contributed by atoms with Crippen LogP contribution >= 0.6 is 48.0 Å². The van der Waals surface area contributed by atoms with Crippen molar-refractivity contribution in [1.82, 2.24) is 15.5 Å². The van der Waals surface area contributed by atoms with Gasteiger partial charge in [0, 0.05) is 39.3 Å². The van der Waals surface area contributed by atoms with E-state index < -0.39 is 0 Å². The third kappa shape index (κ3) is 9.09. The van der Waals surface area contributed by atoms with Crippen LogP contribution in [0.1, 0.15) is 18.4 Å². The van der Waals surface area contributed by atoms with Gasteiger partial charge in [-0.1, -0.05) is 29.3 Å². The molecular weight excluding hydrogens is 420 g/mol. The van der Waals surface area contributed by atoms with Crippen LogP contribution in [0.4, 0.5) is 0 Å². The molecule has 0 aromatic heterocycles. The molecule has 1 heterocycles. The zero-order valence-electron chi connectivity index (χ0n) is 14.8. The lowest BCUT2D eigenvalue weighted by molar-refractivity contribution is -0.121. The van der Waals surface area contributed by atoms with Gasteiger partial charge in [-0.25, -0.2) is 0 Å². The molecule has 0 aliphatic carbocycles. The Morgan fingerprint density at radius 3 is 2.54 bits per heavy atom. The minimum absolute atomic E-state index is 0. The molecule has 0 radical (unpaired) electrons. The Morgan fingerprint density at radius 1 is 1.23 bits per heavy atom. The Hall–Kier alpha value is -0.270. The van der Waals surface area contributed by atoms with E-state index in [1.807, 2.05) is 18.2 Å². The number of rotatable bonds is 8. The number of piperidine rings is 1. The van der Waals surface area contributed by atoms with E-state index in [-0.39, 0.29) is 36.8 Å². The van der Waals surface area contributed by atoms with Crippen molar-refractivity contribution in [2.75, 3.05) is 39.9 Å². The molecule has 9 heteroatoms. The highest BCUT2D eigenvalue weighted by atomic mass is 35.5. The second-order valence-electron chi connectivity index (χ2n) is 6.04. The predicted octanol–water partition coefficient (Wildman–Crippen LogP) is 3.15. The predicted molar refractivity (Wildman–Crippen MR) is 112 cm³/mol. The topological polar surface area (TPSA) is 53.6 Å². The maximum atomic E-state index is 11.9. The minimum atomic E-state index is 0. The van der Waals surface area contributed by atoms with Crippen molar-refractivity contribution in [3.05, 3.63) is 33.8 Å². The summed E-state index contributed by atoms with van der Waals surface area (Å²) in [6.07, 6.45) is 1.93. The monoisotopic (exact) mass is 445 g/mol. The zero-order valence-corrected chi connectivity index (χ0v) is 17.9. The Kier molecular flexibility index (Phi) is 13.7. The number of methoxy groups -OCH3 is 1. The van der Waals surface area contributed by atoms with Gasteiger partial charge in [0.05, 0.1) is 23.2 Å². The number of amides is 1. The summed E-state index contributed by atoms with van der Waals surface area (Å²) in [5, 5.41) is 7.32. The molecule has 1 aromatic carbocycles. The van der Waals surface area contributed by atoms with E-state index in [1.165, 1.54) is 0 Å². The lowest BCUT2D eigenvalue weighted by Crippen LogP contribution is -2.46. The Morgan fingerprint density at radius 2 is 1.92 bits per heavy atom. The van der Waals surface area contributed by atoms with Gasteiger partial charge in [-0.05, 0) is 30.5 Å². The van der Waals surface area contributed by atoms with Crippen molar-refractivity contribution in [1.29, 1.82) is 0 Å². The molecule has 0 saturated carbocycles. The zero-order chi connectivity index (χ0) is 17.4. The average molecular weight is 447 g/mol. The molecule has 1 aliphatic rings. The number of halogens is 4. The molecule has 2 rings (SSSR count). The van der Waals surface area contributed by atoms with Gasteiger partial charge >= 0.3 is 0 Å². The van der Waals surface area contributed by atoms with E-state index in [2.05, 4.69) is 15.5 Å². The smallest absolute Gasteiger partial charge is 0.234 e. The second kappa shape index (κ2) is 13.8. The number of likely N-dealkylation sites (tertiary alicyclic amines) is 1. The highest BCUT2D eigenvalue weighted by Crippen LogP contribution is 2.24. The van der Waals surface area contributed by atoms with Gasteiger partial charge in [0.25, 0.3) is 0 Å². The largest absolute Gasteiger partial charge is 0.383 e. The molecule has 5 nitrogen and oxygen atoms in total. The van der Waals surface area contributed by atoms with Crippen molar-refractivity contribution in [2.24, 2.45) is 0 Å². The quantitative estimate of drug-likeness (QED) is 0.602. The van der Waals surface area contributed by atoms with Crippen LogP contribution in [0.2, 0.25) is 10.0 Å². The first-order valence-corrected chi connectivity index (χ1v) is 8.99. The van der Waals surface area contributed by atoms with Crippen LogP contribution in [-0.2, 0) is 16.1 Å². The van der Waals surface area contributed by atoms with Crippen LogP contribution in [-0.4, -0.2) is 56.7 Å². The van der Waals surface area contributed by atoms with Gasteiger partial charge in [0.2, 0.25) is 5.91 Å². The fourth-order valence-corrected chi connectivity index (χ4v) is 3.11. The van der Waals surface area contributed by atoms with E-state index in [4.69, 9.17) is 27.9 Å². The Bertz CT molecular complexity index is 541. The molecule has 150 valence electrons. The molecule has 26 heavy (non-hydrogen) atoms. The van der Waals surface area contributed by atoms with Gasteiger partial charge in [-0.2, -0.15) is 0 Å². The number of nitrogens with zero attached hydrogens (tertiary/aromatic N) is 1. The standard InChI is InChI=1S/C17H25Cl2N3O2.2ClH/c1-24-9-6-20-11-17(23)21-14-4-7-22(8-5-14)12-13-2-3-15(18)16(19)10-13;;/h2-3,10,14,20H,4-9,11-12H2,1H3,(H,21,23);2*1H. The van der Waals surface area contributed by atoms with Gasteiger partial charge in [0.1, 0.15) is 0 Å². The molecule has 1 amide bonds. The molecule has 0 bridgehead atoms. The summed E-state index contributed by atoms with van der Waals surface area (Å²) in [7, 11) is 1.65. The molecule has 0 atom stereocenters. The molecule has 1 aliphatic heterocycles. The maximum absolute atomic E-state index is 11.9. The summed E-state index contributed by atoms with van der Waals surface area (Å²) < 4.78 is 4.93. The highest BCUT2D eigenvalue weighted by molar-refractivity contribution is 6.42. The third-order valence-electron chi connectivity index (χ3n) is 4.11. The van der Waals surface area contributed by atoms with Gasteiger partial charge in [-0.15, -0.1) is 24.8 Å². The molecule has 2 N–H and O–H groups in total. The summed E-state index contributed by atoms with van der Waals surface area (Å²) in [6.45, 7) is 4.42. The lowest BCUT2D eigenvalue weighted by Gasteiger charge is -2.32. The minimum Gasteiger partial charge on any atom is -0.383 e. The van der Waals surface area contributed by atoms with E-state index in [0.29, 0.717) is 29.7 Å². The number of hydrogen-bond donors (Lipinski definition) is 2. The molecular formula is C17H27Cl4N3O2. The van der Waals surface area contributed by atoms with Crippen molar-refractivity contribution in [2.45, 2.75) is 25.4 Å². The first-order valence-electron chi connectivity index (χ1n) is 8.24. The van der Waals surface area contributed by atoms with Crippen LogP contribution in [0, 0.1) is 0 Å². The third-order valence-corrected chi connectivity index (χ3v) is 4.85. The highest BCUT2D eigenvalue weighted by Gasteiger charge is 2.20. The van der Waals surface area contributed by atoms with E-state index in [1.54, 1.807) is 7.11 Å². The van der Waals surface area contributed by atoms with Crippen molar-refractivity contribution in [3.8, 4) is 0 Å². The van der Waals surface area contributed by atoms with Crippen LogP contribution in [0.25, 0.3) is 0 Å². The maximum Gasteiger partial charge on any atom is 0.234 e. The number of benzene rings is 1. The Labute approximate surface area is 177 Å². The first-order chi connectivity index (χ1) is 11.6. The molecule has 1 aromatic rings. The fraction of sp³-hybridized carbons (Fsp3) is 0.588. The van der Waals surface area contributed by atoms with Gasteiger partial charge < -0.3 is 15.4 Å². The van der Waals surface area contributed by atoms with Gasteiger partial charge in [-0.3, -0.25) is 9.69 Å². The number of nitrogens with one attached hydrogen (secondary N) is 2. The molecule has 0 spiro atoms. The van der Waals surface area contributed by atoms with Crippen LogP contribution in [0.5, 0.6) is 0 Å². The SMILES string of the molecule is COCCNCC(=O)NC1CCN(Cc2ccc(Cl)c(Cl)c2)CC1.Cl.Cl. The fourth-order valence-electron chi connectivity index (χ4n) is 2.79.